The molecular formula is C15H32O. The minimum Gasteiger partial charge on any atom is -0.300 e. The highest BCUT2D eigenvalue weighted by atomic mass is 16.1. The fourth-order valence-electron chi connectivity index (χ4n) is 1.56. The van der Waals surface area contributed by atoms with Gasteiger partial charge >= 0.3 is 0 Å². The van der Waals surface area contributed by atoms with Crippen LogP contribution in [0.5, 0.6) is 0 Å². The zero-order valence-corrected chi connectivity index (χ0v) is 12.0. The van der Waals surface area contributed by atoms with Gasteiger partial charge in [0.15, 0.2) is 0 Å². The van der Waals surface area contributed by atoms with E-state index in [1.54, 1.807) is 0 Å². The van der Waals surface area contributed by atoms with Crippen molar-refractivity contribution in [1.82, 2.24) is 0 Å². The number of rotatable bonds is 9. The number of hydrogen-bond acceptors (Lipinski definition) is 1. The monoisotopic (exact) mass is 228 g/mol. The molecule has 0 atom stereocenters. The van der Waals surface area contributed by atoms with Crippen molar-refractivity contribution in [2.24, 2.45) is 0 Å². The van der Waals surface area contributed by atoms with Crippen molar-refractivity contribution >= 4 is 5.78 Å². The van der Waals surface area contributed by atoms with Crippen LogP contribution in [0.4, 0.5) is 0 Å². The molecule has 0 aliphatic heterocycles. The van der Waals surface area contributed by atoms with Gasteiger partial charge in [0.1, 0.15) is 5.78 Å². The van der Waals surface area contributed by atoms with Gasteiger partial charge in [0, 0.05) is 0 Å². The Balaban J connectivity index is 0. The van der Waals surface area contributed by atoms with E-state index in [2.05, 4.69) is 13.8 Å². The van der Waals surface area contributed by atoms with Crippen molar-refractivity contribution in [2.75, 3.05) is 0 Å². The van der Waals surface area contributed by atoms with Gasteiger partial charge in [0.05, 0.1) is 0 Å². The minimum absolute atomic E-state index is 0.167. The van der Waals surface area contributed by atoms with Crippen molar-refractivity contribution in [3.05, 3.63) is 0 Å². The normalized spacial score (nSPS) is 9.50. The van der Waals surface area contributed by atoms with Crippen LogP contribution in [0.1, 0.15) is 91.9 Å². The van der Waals surface area contributed by atoms with Crippen LogP contribution in [0.2, 0.25) is 0 Å². The third-order valence-electron chi connectivity index (χ3n) is 2.46. The lowest BCUT2D eigenvalue weighted by atomic mass is 10.1. The first-order valence-electron chi connectivity index (χ1n) is 7.12. The summed E-state index contributed by atoms with van der Waals surface area (Å²) in [6, 6.07) is 0. The molecule has 0 aromatic rings. The average molecular weight is 228 g/mol. The molecule has 0 saturated heterocycles. The van der Waals surface area contributed by atoms with E-state index in [0.717, 1.165) is 0 Å². The zero-order valence-electron chi connectivity index (χ0n) is 12.0. The Morgan fingerprint density at radius 3 is 1.00 bits per heavy atom. The Labute approximate surface area is 103 Å². The lowest BCUT2D eigenvalue weighted by molar-refractivity contribution is -0.114. The van der Waals surface area contributed by atoms with Crippen LogP contribution in [0.15, 0.2) is 0 Å². The molecule has 0 aliphatic rings. The summed E-state index contributed by atoms with van der Waals surface area (Å²) < 4.78 is 0. The summed E-state index contributed by atoms with van der Waals surface area (Å²) >= 11 is 0. The second-order valence-corrected chi connectivity index (χ2v) is 4.74. The van der Waals surface area contributed by atoms with Gasteiger partial charge in [-0.2, -0.15) is 0 Å². The molecule has 0 saturated carbocycles. The van der Waals surface area contributed by atoms with Crippen LogP contribution in [0, 0.1) is 0 Å². The number of hydrogen-bond donors (Lipinski definition) is 0. The molecule has 0 aromatic carbocycles. The molecule has 0 radical (unpaired) electrons. The van der Waals surface area contributed by atoms with Gasteiger partial charge in [0.25, 0.3) is 0 Å². The minimum atomic E-state index is 0.167. The molecule has 16 heavy (non-hydrogen) atoms. The summed E-state index contributed by atoms with van der Waals surface area (Å²) in [6.07, 6.45) is 14.4. The van der Waals surface area contributed by atoms with Gasteiger partial charge < -0.3 is 4.79 Å². The lowest BCUT2D eigenvalue weighted by Crippen LogP contribution is -1.80. The molecule has 0 aliphatic carbocycles. The van der Waals surface area contributed by atoms with Gasteiger partial charge in [-0.3, -0.25) is 0 Å². The highest BCUT2D eigenvalue weighted by molar-refractivity contribution is 5.72. The number of unbranched alkanes of at least 4 members (excludes halogenated alkanes) is 9. The second kappa shape index (κ2) is 17.1. The second-order valence-electron chi connectivity index (χ2n) is 4.74. The van der Waals surface area contributed by atoms with Gasteiger partial charge in [0.2, 0.25) is 0 Å². The van der Waals surface area contributed by atoms with Crippen LogP contribution in [-0.2, 0) is 4.79 Å². The number of Topliss-reactive ketones (excluding diaryl/α,β-unsaturated/α-hetero) is 1. The van der Waals surface area contributed by atoms with E-state index in [0.29, 0.717) is 0 Å². The van der Waals surface area contributed by atoms with Crippen molar-refractivity contribution in [3.63, 3.8) is 0 Å². The first-order valence-corrected chi connectivity index (χ1v) is 7.12. The first kappa shape index (κ1) is 18.0. The molecule has 0 spiro atoms. The molecule has 0 bridgehead atoms. The molecule has 0 heterocycles. The van der Waals surface area contributed by atoms with E-state index in [9.17, 15) is 4.79 Å². The van der Waals surface area contributed by atoms with Crippen molar-refractivity contribution in [2.45, 2.75) is 91.9 Å². The van der Waals surface area contributed by atoms with Crippen LogP contribution in [0.25, 0.3) is 0 Å². The fourth-order valence-corrected chi connectivity index (χ4v) is 1.56. The van der Waals surface area contributed by atoms with E-state index in [-0.39, 0.29) is 5.78 Å². The maximum Gasteiger partial charge on any atom is 0.126 e. The van der Waals surface area contributed by atoms with Crippen molar-refractivity contribution in [1.29, 1.82) is 0 Å². The highest BCUT2D eigenvalue weighted by Gasteiger charge is 1.90. The smallest absolute Gasteiger partial charge is 0.126 e. The molecule has 0 amide bonds. The SMILES string of the molecule is CC(C)=O.CCCCCCCCCCCC. The van der Waals surface area contributed by atoms with Gasteiger partial charge in [-0.25, -0.2) is 0 Å². The van der Waals surface area contributed by atoms with Crippen LogP contribution in [-0.4, -0.2) is 5.78 Å². The van der Waals surface area contributed by atoms with Crippen LogP contribution in [0.3, 0.4) is 0 Å². The Morgan fingerprint density at radius 1 is 0.625 bits per heavy atom. The quantitative estimate of drug-likeness (QED) is 0.475. The number of carbonyl (C=O) groups is 1. The Hall–Kier alpha value is -0.330. The largest absolute Gasteiger partial charge is 0.300 e. The van der Waals surface area contributed by atoms with Crippen LogP contribution < -0.4 is 0 Å². The maximum absolute atomic E-state index is 9.44. The Morgan fingerprint density at radius 2 is 0.812 bits per heavy atom. The van der Waals surface area contributed by atoms with E-state index in [4.69, 9.17) is 0 Å². The topological polar surface area (TPSA) is 17.1 Å². The lowest BCUT2D eigenvalue weighted by Gasteiger charge is -1.99. The summed E-state index contributed by atoms with van der Waals surface area (Å²) in [5.41, 5.74) is 0. The number of carbonyl (C=O) groups excluding carboxylic acids is 1. The van der Waals surface area contributed by atoms with Gasteiger partial charge in [-0.05, 0) is 13.8 Å². The summed E-state index contributed by atoms with van der Waals surface area (Å²) in [6.45, 7) is 7.61. The predicted molar refractivity (Wildman–Crippen MR) is 73.9 cm³/mol. The predicted octanol–water partition coefficient (Wildman–Crippen LogP) is 5.52. The summed E-state index contributed by atoms with van der Waals surface area (Å²) in [5.74, 6) is 0.167. The van der Waals surface area contributed by atoms with E-state index in [1.165, 1.54) is 78.1 Å². The number of ketones is 1. The van der Waals surface area contributed by atoms with Gasteiger partial charge in [-0.15, -0.1) is 0 Å². The third kappa shape index (κ3) is 29.2. The molecule has 98 valence electrons. The summed E-state index contributed by atoms with van der Waals surface area (Å²) in [4.78, 5) is 9.44. The highest BCUT2D eigenvalue weighted by Crippen LogP contribution is 2.09. The van der Waals surface area contributed by atoms with E-state index >= 15 is 0 Å². The third-order valence-corrected chi connectivity index (χ3v) is 2.46. The average Bonchev–Trinajstić information content (AvgIpc) is 2.21. The molecule has 1 heteroatoms. The maximum atomic E-state index is 9.44. The van der Waals surface area contributed by atoms with Crippen LogP contribution >= 0.6 is 0 Å². The zero-order chi connectivity index (χ0) is 12.6. The van der Waals surface area contributed by atoms with E-state index < -0.39 is 0 Å². The standard InChI is InChI=1S/C12H26.C3H6O/c1-3-5-7-9-11-12-10-8-6-4-2;1-3(2)4/h3-12H2,1-2H3;1-2H3. The molecule has 0 aromatic heterocycles. The molecule has 0 fully saturated rings. The van der Waals surface area contributed by atoms with Gasteiger partial charge in [-0.1, -0.05) is 78.1 Å². The Kier molecular flexibility index (Phi) is 19.3. The Bertz CT molecular complexity index is 115. The fraction of sp³-hybridized carbons (Fsp3) is 0.933. The van der Waals surface area contributed by atoms with E-state index in [1.807, 2.05) is 0 Å². The molecular weight excluding hydrogens is 196 g/mol. The first-order chi connectivity index (χ1) is 7.65. The molecule has 1 nitrogen and oxygen atoms in total. The van der Waals surface area contributed by atoms with Crippen molar-refractivity contribution in [3.8, 4) is 0 Å². The molecule has 0 unspecified atom stereocenters. The van der Waals surface area contributed by atoms with Crippen molar-refractivity contribution < 1.29 is 4.79 Å². The molecule has 0 rings (SSSR count). The summed E-state index contributed by atoms with van der Waals surface area (Å²) in [5, 5.41) is 0. The molecule has 0 N–H and O–H groups in total. The summed E-state index contributed by atoms with van der Waals surface area (Å²) in [7, 11) is 0.